The number of aryl methyl sites for hydroxylation is 1. The van der Waals surface area contributed by atoms with Crippen LogP contribution in [0.3, 0.4) is 0 Å². The van der Waals surface area contributed by atoms with E-state index in [0.717, 1.165) is 55.0 Å². The van der Waals surface area contributed by atoms with Crippen molar-refractivity contribution in [2.45, 2.75) is 6.92 Å². The lowest BCUT2D eigenvalue weighted by molar-refractivity contribution is 0.122. The molecule has 1 fully saturated rings. The number of morpholine rings is 1. The van der Waals surface area contributed by atoms with Crippen molar-refractivity contribution in [1.29, 1.82) is 0 Å². The van der Waals surface area contributed by atoms with Crippen LogP contribution in [0.4, 0.5) is 17.3 Å². The van der Waals surface area contributed by atoms with Crippen molar-refractivity contribution < 1.29 is 4.74 Å². The highest BCUT2D eigenvalue weighted by atomic mass is 35.5. The van der Waals surface area contributed by atoms with E-state index in [9.17, 15) is 0 Å². The van der Waals surface area contributed by atoms with Crippen LogP contribution in [0.1, 0.15) is 5.56 Å². The van der Waals surface area contributed by atoms with Gasteiger partial charge in [0.15, 0.2) is 5.82 Å². The first-order chi connectivity index (χ1) is 12.3. The Hall–Kier alpha value is -2.35. The Morgan fingerprint density at radius 2 is 1.81 bits per heavy atom. The fraction of sp³-hybridized carbons (Fsp3) is 0.278. The number of hydrogen-bond donors (Lipinski definition) is 1. The molecule has 0 aromatic carbocycles. The molecule has 1 aliphatic heterocycles. The van der Waals surface area contributed by atoms with Gasteiger partial charge in [-0.3, -0.25) is 0 Å². The third-order valence-electron chi connectivity index (χ3n) is 4.06. The maximum atomic E-state index is 5.38. The summed E-state index contributed by atoms with van der Waals surface area (Å²) < 4.78 is 7.14. The molecule has 1 N–H and O–H groups in total. The number of rotatable bonds is 4. The van der Waals surface area contributed by atoms with Gasteiger partial charge in [-0.05, 0) is 36.8 Å². The molecule has 0 aliphatic carbocycles. The fourth-order valence-electron chi connectivity index (χ4n) is 2.76. The van der Waals surface area contributed by atoms with Crippen LogP contribution in [0.2, 0.25) is 0 Å². The monoisotopic (exact) mass is 408 g/mol. The number of nitrogens with one attached hydrogen (secondary N) is 1. The number of anilines is 3. The molecule has 3 aromatic heterocycles. The Kier molecular flexibility index (Phi) is 7.41. The largest absolute Gasteiger partial charge is 0.378 e. The Balaban J connectivity index is 0.00000131. The minimum absolute atomic E-state index is 0. The molecule has 0 bridgehead atoms. The molecule has 3 aromatic rings. The Morgan fingerprint density at radius 3 is 2.48 bits per heavy atom. The van der Waals surface area contributed by atoms with Gasteiger partial charge in [0, 0.05) is 19.3 Å². The lowest BCUT2D eigenvalue weighted by atomic mass is 10.3. The average Bonchev–Trinajstić information content (AvgIpc) is 3.10. The van der Waals surface area contributed by atoms with Gasteiger partial charge in [0.25, 0.3) is 0 Å². The third kappa shape index (κ3) is 5.09. The lowest BCUT2D eigenvalue weighted by Crippen LogP contribution is -2.36. The van der Waals surface area contributed by atoms with E-state index in [1.54, 1.807) is 4.68 Å². The lowest BCUT2D eigenvalue weighted by Gasteiger charge is -2.28. The second-order valence-electron chi connectivity index (χ2n) is 5.97. The number of hydrogen-bond acceptors (Lipinski definition) is 6. The van der Waals surface area contributed by atoms with Crippen molar-refractivity contribution >= 4 is 42.1 Å². The molecular formula is C18H22Cl2N6O. The smallest absolute Gasteiger partial charge is 0.155 e. The van der Waals surface area contributed by atoms with Crippen molar-refractivity contribution in [3.8, 4) is 5.82 Å². The molecule has 144 valence electrons. The van der Waals surface area contributed by atoms with E-state index in [2.05, 4.69) is 31.3 Å². The van der Waals surface area contributed by atoms with Gasteiger partial charge < -0.3 is 15.0 Å². The van der Waals surface area contributed by atoms with Crippen LogP contribution in [0, 0.1) is 6.92 Å². The zero-order valence-corrected chi connectivity index (χ0v) is 16.5. The first-order valence-electron chi connectivity index (χ1n) is 8.32. The van der Waals surface area contributed by atoms with Crippen LogP contribution in [-0.2, 0) is 4.74 Å². The van der Waals surface area contributed by atoms with Gasteiger partial charge >= 0.3 is 0 Å². The molecule has 27 heavy (non-hydrogen) atoms. The highest BCUT2D eigenvalue weighted by Crippen LogP contribution is 2.19. The molecule has 9 heteroatoms. The summed E-state index contributed by atoms with van der Waals surface area (Å²) in [6, 6.07) is 9.83. The van der Waals surface area contributed by atoms with Gasteiger partial charge in [0.05, 0.1) is 31.3 Å². The predicted molar refractivity (Wildman–Crippen MR) is 111 cm³/mol. The summed E-state index contributed by atoms with van der Waals surface area (Å²) in [5.41, 5.74) is 2.21. The van der Waals surface area contributed by atoms with E-state index in [-0.39, 0.29) is 24.8 Å². The Labute approximate surface area is 170 Å². The molecule has 1 aliphatic rings. The van der Waals surface area contributed by atoms with Gasteiger partial charge in [-0.25, -0.2) is 14.6 Å². The number of aromatic nitrogens is 4. The van der Waals surface area contributed by atoms with Gasteiger partial charge in [-0.15, -0.1) is 24.8 Å². The SMILES string of the molecule is Cc1cnn(-c2cccc(Nc3ccc(N4CCOCC4)cn3)n2)c1.Cl.Cl. The van der Waals surface area contributed by atoms with Crippen LogP contribution >= 0.6 is 24.8 Å². The minimum Gasteiger partial charge on any atom is -0.378 e. The van der Waals surface area contributed by atoms with Crippen LogP contribution in [0.5, 0.6) is 0 Å². The second-order valence-corrected chi connectivity index (χ2v) is 5.97. The van der Waals surface area contributed by atoms with Crippen molar-refractivity contribution in [1.82, 2.24) is 19.7 Å². The molecule has 0 radical (unpaired) electrons. The van der Waals surface area contributed by atoms with Gasteiger partial charge in [-0.2, -0.15) is 5.10 Å². The number of ether oxygens (including phenoxy) is 1. The number of pyridine rings is 2. The second kappa shape index (κ2) is 9.55. The maximum Gasteiger partial charge on any atom is 0.155 e. The third-order valence-corrected chi connectivity index (χ3v) is 4.06. The topological polar surface area (TPSA) is 68.1 Å². The molecular weight excluding hydrogens is 387 g/mol. The number of halogens is 2. The quantitative estimate of drug-likeness (QED) is 0.713. The molecule has 0 unspecified atom stereocenters. The minimum atomic E-state index is 0. The maximum absolute atomic E-state index is 5.38. The summed E-state index contributed by atoms with van der Waals surface area (Å²) >= 11 is 0. The fourth-order valence-corrected chi connectivity index (χ4v) is 2.76. The number of nitrogens with zero attached hydrogens (tertiary/aromatic N) is 5. The zero-order valence-electron chi connectivity index (χ0n) is 14.9. The van der Waals surface area contributed by atoms with Crippen molar-refractivity contribution in [2.24, 2.45) is 0 Å². The standard InChI is InChI=1S/C18H20N6O.2ClH/c1-14-11-20-24(13-14)18-4-2-3-17(22-18)21-16-6-5-15(12-19-16)23-7-9-25-10-8-23;;/h2-6,11-13H,7-10H2,1H3,(H,19,21,22);2*1H. The van der Waals surface area contributed by atoms with E-state index < -0.39 is 0 Å². The van der Waals surface area contributed by atoms with E-state index in [0.29, 0.717) is 0 Å². The van der Waals surface area contributed by atoms with Crippen LogP contribution < -0.4 is 10.2 Å². The van der Waals surface area contributed by atoms with Crippen LogP contribution in [0.15, 0.2) is 48.9 Å². The molecule has 0 atom stereocenters. The molecule has 0 amide bonds. The molecule has 0 saturated carbocycles. The van der Waals surface area contributed by atoms with Crippen molar-refractivity contribution in [3.63, 3.8) is 0 Å². The highest BCUT2D eigenvalue weighted by Gasteiger charge is 2.11. The summed E-state index contributed by atoms with van der Waals surface area (Å²) in [6.45, 7) is 5.35. The van der Waals surface area contributed by atoms with E-state index in [1.165, 1.54) is 0 Å². The summed E-state index contributed by atoms with van der Waals surface area (Å²) in [4.78, 5) is 11.4. The molecule has 4 rings (SSSR count). The van der Waals surface area contributed by atoms with Crippen LogP contribution in [0.25, 0.3) is 5.82 Å². The normalized spacial score (nSPS) is 13.4. The van der Waals surface area contributed by atoms with E-state index >= 15 is 0 Å². The summed E-state index contributed by atoms with van der Waals surface area (Å²) in [6.07, 6.45) is 5.64. The van der Waals surface area contributed by atoms with Crippen LogP contribution in [-0.4, -0.2) is 46.1 Å². The zero-order chi connectivity index (χ0) is 17.1. The van der Waals surface area contributed by atoms with E-state index in [4.69, 9.17) is 4.74 Å². The molecule has 7 nitrogen and oxygen atoms in total. The Bertz CT molecular complexity index is 849. The van der Waals surface area contributed by atoms with E-state index in [1.807, 2.05) is 49.8 Å². The molecule has 4 heterocycles. The first kappa shape index (κ1) is 21.0. The summed E-state index contributed by atoms with van der Waals surface area (Å²) in [5.74, 6) is 2.26. The highest BCUT2D eigenvalue weighted by molar-refractivity contribution is 5.85. The predicted octanol–water partition coefficient (Wildman–Crippen LogP) is 3.39. The molecule has 1 saturated heterocycles. The Morgan fingerprint density at radius 1 is 1.00 bits per heavy atom. The summed E-state index contributed by atoms with van der Waals surface area (Å²) in [5, 5.41) is 7.54. The summed E-state index contributed by atoms with van der Waals surface area (Å²) in [7, 11) is 0. The van der Waals surface area contributed by atoms with Crippen molar-refractivity contribution in [2.75, 3.05) is 36.5 Å². The van der Waals surface area contributed by atoms with Crippen molar-refractivity contribution in [3.05, 3.63) is 54.5 Å². The average molecular weight is 409 g/mol. The first-order valence-corrected chi connectivity index (χ1v) is 8.32. The van der Waals surface area contributed by atoms with Gasteiger partial charge in [0.1, 0.15) is 11.6 Å². The molecule has 0 spiro atoms. The van der Waals surface area contributed by atoms with Gasteiger partial charge in [0.2, 0.25) is 0 Å². The van der Waals surface area contributed by atoms with Gasteiger partial charge in [-0.1, -0.05) is 6.07 Å².